The second kappa shape index (κ2) is 9.19. The number of nitrogens with two attached hydrogens (primary N) is 1. The molecule has 26 heavy (non-hydrogen) atoms. The van der Waals surface area contributed by atoms with Crippen LogP contribution < -0.4 is 11.1 Å². The van der Waals surface area contributed by atoms with Crippen molar-refractivity contribution >= 4 is 18.3 Å². The van der Waals surface area contributed by atoms with E-state index in [4.69, 9.17) is 5.73 Å². The number of amides is 1. The predicted molar refractivity (Wildman–Crippen MR) is 106 cm³/mol. The van der Waals surface area contributed by atoms with Gasteiger partial charge in [0.1, 0.15) is 0 Å². The van der Waals surface area contributed by atoms with Crippen molar-refractivity contribution in [1.82, 2.24) is 15.1 Å². The number of nitrogens with one attached hydrogen (secondary N) is 1. The number of aryl methyl sites for hydroxylation is 1. The zero-order valence-electron chi connectivity index (χ0n) is 15.6. The zero-order chi connectivity index (χ0) is 17.8. The molecule has 0 bridgehead atoms. The van der Waals surface area contributed by atoms with Gasteiger partial charge in [0.25, 0.3) is 0 Å². The molecule has 3 N–H and O–H groups in total. The van der Waals surface area contributed by atoms with E-state index >= 15 is 0 Å². The lowest BCUT2D eigenvalue weighted by Gasteiger charge is -2.17. The molecule has 0 unspecified atom stereocenters. The summed E-state index contributed by atoms with van der Waals surface area (Å²) >= 11 is 0. The zero-order valence-corrected chi connectivity index (χ0v) is 16.4. The van der Waals surface area contributed by atoms with Gasteiger partial charge in [0.15, 0.2) is 0 Å². The molecule has 1 fully saturated rings. The third-order valence-corrected chi connectivity index (χ3v) is 5.44. The Labute approximate surface area is 161 Å². The fourth-order valence-corrected chi connectivity index (χ4v) is 3.87. The van der Waals surface area contributed by atoms with Crippen LogP contribution in [-0.4, -0.2) is 22.2 Å². The summed E-state index contributed by atoms with van der Waals surface area (Å²) in [7, 11) is 0. The van der Waals surface area contributed by atoms with E-state index in [0.717, 1.165) is 42.8 Å². The first kappa shape index (κ1) is 20.5. The van der Waals surface area contributed by atoms with E-state index in [9.17, 15) is 4.79 Å². The third-order valence-electron chi connectivity index (χ3n) is 5.44. The van der Waals surface area contributed by atoms with E-state index in [0.29, 0.717) is 19.0 Å². The first-order valence-corrected chi connectivity index (χ1v) is 9.14. The summed E-state index contributed by atoms with van der Waals surface area (Å²) in [5.74, 6) is 0.551. The molecule has 0 spiro atoms. The van der Waals surface area contributed by atoms with Crippen LogP contribution in [-0.2, 0) is 17.9 Å². The second-order valence-electron chi connectivity index (χ2n) is 7.04. The number of benzene rings is 1. The van der Waals surface area contributed by atoms with Crippen LogP contribution in [0.4, 0.5) is 0 Å². The molecule has 1 saturated carbocycles. The third kappa shape index (κ3) is 4.46. The van der Waals surface area contributed by atoms with Crippen molar-refractivity contribution in [3.63, 3.8) is 0 Å². The average Bonchev–Trinajstić information content (AvgIpc) is 3.19. The van der Waals surface area contributed by atoms with Crippen LogP contribution in [0.1, 0.15) is 41.8 Å². The van der Waals surface area contributed by atoms with Gasteiger partial charge in [-0.25, -0.2) is 0 Å². The van der Waals surface area contributed by atoms with E-state index < -0.39 is 0 Å². The Hall–Kier alpha value is -1.85. The number of aromatic nitrogens is 2. The van der Waals surface area contributed by atoms with Crippen molar-refractivity contribution < 1.29 is 4.79 Å². The molecule has 0 saturated heterocycles. The number of nitrogens with zero attached hydrogens (tertiary/aromatic N) is 2. The lowest BCUT2D eigenvalue weighted by atomic mass is 9.95. The maximum Gasteiger partial charge on any atom is 0.223 e. The summed E-state index contributed by atoms with van der Waals surface area (Å²) in [4.78, 5) is 12.5. The van der Waals surface area contributed by atoms with E-state index in [1.807, 2.05) is 29.8 Å². The van der Waals surface area contributed by atoms with E-state index in [1.165, 1.54) is 5.56 Å². The SMILES string of the molecule is Cc1nn(Cc2ccccc2)c(C)c1CNC(=O)[C@@H]1CCC[C@@H]1CN.Cl. The minimum Gasteiger partial charge on any atom is -0.352 e. The molecule has 3 rings (SSSR count). The highest BCUT2D eigenvalue weighted by Crippen LogP contribution is 2.31. The molecule has 1 aromatic heterocycles. The van der Waals surface area contributed by atoms with Gasteiger partial charge < -0.3 is 11.1 Å². The van der Waals surface area contributed by atoms with Gasteiger partial charge in [-0.1, -0.05) is 36.8 Å². The van der Waals surface area contributed by atoms with Crippen molar-refractivity contribution in [2.45, 2.75) is 46.2 Å². The van der Waals surface area contributed by atoms with Crippen LogP contribution in [0.15, 0.2) is 30.3 Å². The van der Waals surface area contributed by atoms with Crippen LogP contribution in [0.5, 0.6) is 0 Å². The monoisotopic (exact) mass is 376 g/mol. The molecule has 142 valence electrons. The number of halogens is 1. The summed E-state index contributed by atoms with van der Waals surface area (Å²) in [5, 5.41) is 7.77. The van der Waals surface area contributed by atoms with Gasteiger partial charge >= 0.3 is 0 Å². The average molecular weight is 377 g/mol. The smallest absolute Gasteiger partial charge is 0.223 e. The topological polar surface area (TPSA) is 72.9 Å². The van der Waals surface area contributed by atoms with Crippen molar-refractivity contribution in [2.24, 2.45) is 17.6 Å². The van der Waals surface area contributed by atoms with Gasteiger partial charge in [-0.15, -0.1) is 12.4 Å². The van der Waals surface area contributed by atoms with Gasteiger partial charge in [0.05, 0.1) is 12.2 Å². The lowest BCUT2D eigenvalue weighted by molar-refractivity contribution is -0.126. The molecule has 1 aromatic carbocycles. The highest BCUT2D eigenvalue weighted by Gasteiger charge is 2.31. The Kier molecular flexibility index (Phi) is 7.23. The van der Waals surface area contributed by atoms with Crippen LogP contribution in [0.2, 0.25) is 0 Å². The number of rotatable bonds is 6. The number of carbonyl (C=O) groups excluding carboxylic acids is 1. The summed E-state index contributed by atoms with van der Waals surface area (Å²) < 4.78 is 2.02. The van der Waals surface area contributed by atoms with Crippen molar-refractivity contribution in [2.75, 3.05) is 6.54 Å². The summed E-state index contributed by atoms with van der Waals surface area (Å²) in [5.41, 5.74) is 10.2. The quantitative estimate of drug-likeness (QED) is 0.814. The molecule has 1 heterocycles. The molecular formula is C20H29ClN4O. The highest BCUT2D eigenvalue weighted by molar-refractivity contribution is 5.85. The van der Waals surface area contributed by atoms with Gasteiger partial charge in [0, 0.05) is 23.7 Å². The van der Waals surface area contributed by atoms with Crippen molar-refractivity contribution in [3.05, 3.63) is 52.8 Å². The van der Waals surface area contributed by atoms with Crippen LogP contribution in [0.25, 0.3) is 0 Å². The lowest BCUT2D eigenvalue weighted by Crippen LogP contribution is -2.34. The number of hydrogen-bond acceptors (Lipinski definition) is 3. The largest absolute Gasteiger partial charge is 0.352 e. The molecule has 6 heteroatoms. The Morgan fingerprint density at radius 3 is 2.69 bits per heavy atom. The fraction of sp³-hybridized carbons (Fsp3) is 0.500. The predicted octanol–water partition coefficient (Wildman–Crippen LogP) is 2.96. The van der Waals surface area contributed by atoms with Gasteiger partial charge in [-0.2, -0.15) is 5.10 Å². The molecule has 0 aliphatic heterocycles. The second-order valence-corrected chi connectivity index (χ2v) is 7.04. The van der Waals surface area contributed by atoms with E-state index in [1.54, 1.807) is 0 Å². The standard InChI is InChI=1S/C20H28N4O.ClH/c1-14-19(12-22-20(25)18-10-6-9-17(18)11-21)15(2)24(23-14)13-16-7-4-3-5-8-16;/h3-5,7-8,17-18H,6,9-13,21H2,1-2H3,(H,22,25);1H/t17-,18-;/m1./s1. The molecule has 0 radical (unpaired) electrons. The Morgan fingerprint density at radius 2 is 2.00 bits per heavy atom. The Balaban J connectivity index is 0.00000243. The maximum atomic E-state index is 12.5. The van der Waals surface area contributed by atoms with Crippen LogP contribution in [0.3, 0.4) is 0 Å². The van der Waals surface area contributed by atoms with Gasteiger partial charge in [-0.3, -0.25) is 9.48 Å². The first-order valence-electron chi connectivity index (χ1n) is 9.14. The fourth-order valence-electron chi connectivity index (χ4n) is 3.87. The summed E-state index contributed by atoms with van der Waals surface area (Å²) in [6.07, 6.45) is 3.13. The minimum absolute atomic E-state index is 0. The molecule has 2 atom stereocenters. The number of hydrogen-bond donors (Lipinski definition) is 2. The van der Waals surface area contributed by atoms with E-state index in [2.05, 4.69) is 29.5 Å². The molecule has 1 aliphatic carbocycles. The number of carbonyl (C=O) groups is 1. The molecule has 2 aromatic rings. The Bertz CT molecular complexity index is 729. The maximum absolute atomic E-state index is 12.5. The Morgan fingerprint density at radius 1 is 1.27 bits per heavy atom. The normalized spacial score (nSPS) is 19.2. The van der Waals surface area contributed by atoms with Crippen molar-refractivity contribution in [3.8, 4) is 0 Å². The molecular weight excluding hydrogens is 348 g/mol. The van der Waals surface area contributed by atoms with E-state index in [-0.39, 0.29) is 24.2 Å². The van der Waals surface area contributed by atoms with Crippen LogP contribution in [0, 0.1) is 25.7 Å². The molecule has 1 amide bonds. The van der Waals surface area contributed by atoms with Crippen LogP contribution >= 0.6 is 12.4 Å². The van der Waals surface area contributed by atoms with Gasteiger partial charge in [0.2, 0.25) is 5.91 Å². The minimum atomic E-state index is 0. The summed E-state index contributed by atoms with van der Waals surface area (Å²) in [6.45, 7) is 5.97. The molecule has 5 nitrogen and oxygen atoms in total. The summed E-state index contributed by atoms with van der Waals surface area (Å²) in [6, 6.07) is 10.3. The molecule has 1 aliphatic rings. The van der Waals surface area contributed by atoms with Crippen molar-refractivity contribution in [1.29, 1.82) is 0 Å². The highest BCUT2D eigenvalue weighted by atomic mass is 35.5. The van der Waals surface area contributed by atoms with Gasteiger partial charge in [-0.05, 0) is 44.7 Å². The first-order chi connectivity index (χ1) is 12.1.